The zero-order valence-electron chi connectivity index (χ0n) is 14.0. The van der Waals surface area contributed by atoms with Crippen molar-refractivity contribution in [1.29, 1.82) is 0 Å². The first kappa shape index (κ1) is 16.7. The molecule has 0 atom stereocenters. The number of carbonyl (C=O) groups is 1. The maximum Gasteiger partial charge on any atom is 0.261 e. The summed E-state index contributed by atoms with van der Waals surface area (Å²) in [6, 6.07) is 5.53. The van der Waals surface area contributed by atoms with Crippen LogP contribution in [0.2, 0.25) is 5.02 Å². The van der Waals surface area contributed by atoms with Gasteiger partial charge in [0.2, 0.25) is 0 Å². The van der Waals surface area contributed by atoms with Crippen LogP contribution < -0.4 is 10.2 Å². The van der Waals surface area contributed by atoms with Crippen LogP contribution in [0.4, 0.5) is 11.4 Å². The Labute approximate surface area is 155 Å². The Hall–Kier alpha value is -2.80. The van der Waals surface area contributed by atoms with E-state index in [2.05, 4.69) is 20.3 Å². The molecule has 7 nitrogen and oxygen atoms in total. The van der Waals surface area contributed by atoms with Gasteiger partial charge >= 0.3 is 0 Å². The second-order valence-electron chi connectivity index (χ2n) is 6.30. The summed E-state index contributed by atoms with van der Waals surface area (Å²) >= 11 is 6.15. The van der Waals surface area contributed by atoms with E-state index in [1.54, 1.807) is 6.07 Å². The quantitative estimate of drug-likeness (QED) is 0.737. The molecule has 1 aliphatic heterocycles. The predicted molar refractivity (Wildman–Crippen MR) is 100 cm³/mol. The molecule has 8 heteroatoms. The van der Waals surface area contributed by atoms with Crippen molar-refractivity contribution in [3.05, 3.63) is 47.4 Å². The molecular weight excluding hydrogens is 354 g/mol. The molecule has 1 aliphatic rings. The highest BCUT2D eigenvalue weighted by atomic mass is 35.5. The van der Waals surface area contributed by atoms with Gasteiger partial charge in [0.05, 0.1) is 30.0 Å². The van der Waals surface area contributed by atoms with E-state index in [4.69, 9.17) is 11.6 Å². The summed E-state index contributed by atoms with van der Waals surface area (Å²) in [6.45, 7) is 1.92. The van der Waals surface area contributed by atoms with E-state index in [0.29, 0.717) is 21.9 Å². The van der Waals surface area contributed by atoms with Crippen molar-refractivity contribution in [2.24, 2.45) is 0 Å². The molecule has 0 radical (unpaired) electrons. The lowest BCUT2D eigenvalue weighted by atomic mass is 10.1. The lowest BCUT2D eigenvalue weighted by Crippen LogP contribution is -2.30. The first-order valence-electron chi connectivity index (χ1n) is 8.50. The SMILES string of the molecule is O=C(Nc1cc(Cl)ccc1N1CCCCC1)c1cnn2cc(O)cnc12. The van der Waals surface area contributed by atoms with Crippen LogP contribution in [0.1, 0.15) is 29.6 Å². The van der Waals surface area contributed by atoms with E-state index in [0.717, 1.165) is 31.6 Å². The summed E-state index contributed by atoms with van der Waals surface area (Å²) in [6.07, 6.45) is 7.62. The average molecular weight is 372 g/mol. The van der Waals surface area contributed by atoms with E-state index >= 15 is 0 Å². The number of halogens is 1. The molecule has 26 heavy (non-hydrogen) atoms. The van der Waals surface area contributed by atoms with Crippen LogP contribution in [-0.2, 0) is 0 Å². The monoisotopic (exact) mass is 371 g/mol. The third kappa shape index (κ3) is 3.17. The summed E-state index contributed by atoms with van der Waals surface area (Å²) in [5.41, 5.74) is 2.34. The van der Waals surface area contributed by atoms with Gasteiger partial charge in [0.15, 0.2) is 11.4 Å². The van der Waals surface area contributed by atoms with Gasteiger partial charge in [-0.3, -0.25) is 4.79 Å². The largest absolute Gasteiger partial charge is 0.505 e. The number of fused-ring (bicyclic) bond motifs is 1. The molecule has 1 amide bonds. The van der Waals surface area contributed by atoms with Crippen molar-refractivity contribution < 1.29 is 9.90 Å². The minimum atomic E-state index is -0.321. The van der Waals surface area contributed by atoms with Gasteiger partial charge in [-0.1, -0.05) is 11.6 Å². The number of piperidine rings is 1. The fraction of sp³-hybridized carbons (Fsp3) is 0.278. The van der Waals surface area contributed by atoms with Gasteiger partial charge in [-0.05, 0) is 37.5 Å². The highest BCUT2D eigenvalue weighted by Gasteiger charge is 2.19. The van der Waals surface area contributed by atoms with Gasteiger partial charge in [-0.2, -0.15) is 5.10 Å². The average Bonchev–Trinajstić information content (AvgIpc) is 3.05. The Balaban J connectivity index is 1.65. The topological polar surface area (TPSA) is 82.8 Å². The van der Waals surface area contributed by atoms with Gasteiger partial charge in [0.25, 0.3) is 5.91 Å². The van der Waals surface area contributed by atoms with Crippen LogP contribution in [0.5, 0.6) is 5.75 Å². The zero-order chi connectivity index (χ0) is 18.1. The Morgan fingerprint density at radius 3 is 2.81 bits per heavy atom. The lowest BCUT2D eigenvalue weighted by Gasteiger charge is -2.30. The Bertz CT molecular complexity index is 965. The number of benzene rings is 1. The molecule has 2 N–H and O–H groups in total. The van der Waals surface area contributed by atoms with E-state index < -0.39 is 0 Å². The van der Waals surface area contributed by atoms with E-state index in [9.17, 15) is 9.90 Å². The van der Waals surface area contributed by atoms with E-state index in [1.165, 1.54) is 29.5 Å². The van der Waals surface area contributed by atoms with Crippen molar-refractivity contribution in [1.82, 2.24) is 14.6 Å². The summed E-state index contributed by atoms with van der Waals surface area (Å²) in [5.74, 6) is -0.339. The molecule has 0 unspecified atom stereocenters. The molecule has 0 spiro atoms. The maximum absolute atomic E-state index is 12.8. The molecule has 1 aromatic carbocycles. The zero-order valence-corrected chi connectivity index (χ0v) is 14.8. The molecule has 134 valence electrons. The number of aromatic hydroxyl groups is 1. The fourth-order valence-electron chi connectivity index (χ4n) is 3.23. The first-order valence-corrected chi connectivity index (χ1v) is 8.88. The van der Waals surface area contributed by atoms with Crippen LogP contribution >= 0.6 is 11.6 Å². The number of rotatable bonds is 3. The molecule has 4 rings (SSSR count). The van der Waals surface area contributed by atoms with Gasteiger partial charge in [0.1, 0.15) is 5.56 Å². The van der Waals surface area contributed by atoms with Crippen LogP contribution in [0.3, 0.4) is 0 Å². The van der Waals surface area contributed by atoms with Crippen molar-refractivity contribution in [3.63, 3.8) is 0 Å². The number of amides is 1. The third-order valence-electron chi connectivity index (χ3n) is 4.49. The molecule has 1 saturated heterocycles. The van der Waals surface area contributed by atoms with Crippen LogP contribution in [0.15, 0.2) is 36.8 Å². The lowest BCUT2D eigenvalue weighted by molar-refractivity contribution is 0.102. The molecular formula is C18H18ClN5O2. The molecule has 0 saturated carbocycles. The molecule has 0 bridgehead atoms. The van der Waals surface area contributed by atoms with Crippen LogP contribution in [0, 0.1) is 0 Å². The Kier molecular flexibility index (Phi) is 4.38. The van der Waals surface area contributed by atoms with Crippen molar-refractivity contribution >= 4 is 34.5 Å². The number of anilines is 2. The number of nitrogens with one attached hydrogen (secondary N) is 1. The number of aromatic nitrogens is 3. The first-order chi connectivity index (χ1) is 12.6. The predicted octanol–water partition coefficient (Wildman–Crippen LogP) is 3.33. The highest BCUT2D eigenvalue weighted by molar-refractivity contribution is 6.31. The standard InChI is InChI=1S/C18H18ClN5O2/c19-12-4-5-16(23-6-2-1-3-7-23)15(8-12)22-18(26)14-10-21-24-11-13(25)9-20-17(14)24/h4-5,8-11,25H,1-3,6-7H2,(H,22,26). The minimum absolute atomic E-state index is 0.0187. The normalized spacial score (nSPS) is 14.6. The van der Waals surface area contributed by atoms with Crippen molar-refractivity contribution in [3.8, 4) is 5.75 Å². The minimum Gasteiger partial charge on any atom is -0.505 e. The van der Waals surface area contributed by atoms with Gasteiger partial charge in [0, 0.05) is 18.1 Å². The Morgan fingerprint density at radius 2 is 2.00 bits per heavy atom. The number of hydrogen-bond acceptors (Lipinski definition) is 5. The molecule has 3 aromatic rings. The molecule has 0 aliphatic carbocycles. The summed E-state index contributed by atoms with van der Waals surface area (Å²) in [4.78, 5) is 19.1. The molecule has 2 aromatic heterocycles. The Morgan fingerprint density at radius 1 is 1.19 bits per heavy atom. The maximum atomic E-state index is 12.8. The summed E-state index contributed by atoms with van der Waals surface area (Å²) in [5, 5.41) is 17.0. The summed E-state index contributed by atoms with van der Waals surface area (Å²) < 4.78 is 1.37. The van der Waals surface area contributed by atoms with E-state index in [1.807, 2.05) is 12.1 Å². The smallest absolute Gasteiger partial charge is 0.261 e. The van der Waals surface area contributed by atoms with Crippen LogP contribution in [-0.4, -0.2) is 38.7 Å². The van der Waals surface area contributed by atoms with Gasteiger partial charge in [-0.25, -0.2) is 9.50 Å². The van der Waals surface area contributed by atoms with Gasteiger partial charge in [-0.15, -0.1) is 0 Å². The summed E-state index contributed by atoms with van der Waals surface area (Å²) in [7, 11) is 0. The number of nitrogens with zero attached hydrogens (tertiary/aromatic N) is 4. The van der Waals surface area contributed by atoms with Gasteiger partial charge < -0.3 is 15.3 Å². The third-order valence-corrected chi connectivity index (χ3v) is 4.73. The molecule has 3 heterocycles. The number of hydrogen-bond donors (Lipinski definition) is 2. The second kappa shape index (κ2) is 6.84. The number of carbonyl (C=O) groups excluding carboxylic acids is 1. The molecule has 1 fully saturated rings. The van der Waals surface area contributed by atoms with Crippen LogP contribution in [0.25, 0.3) is 5.65 Å². The van der Waals surface area contributed by atoms with Crippen molar-refractivity contribution in [2.75, 3.05) is 23.3 Å². The van der Waals surface area contributed by atoms with E-state index in [-0.39, 0.29) is 11.7 Å². The van der Waals surface area contributed by atoms with Crippen molar-refractivity contribution in [2.45, 2.75) is 19.3 Å². The highest BCUT2D eigenvalue weighted by Crippen LogP contribution is 2.31. The second-order valence-corrected chi connectivity index (χ2v) is 6.74. The fourth-order valence-corrected chi connectivity index (χ4v) is 3.41.